The van der Waals surface area contributed by atoms with Crippen LogP contribution in [0.4, 0.5) is 0 Å². The van der Waals surface area contributed by atoms with Crippen LogP contribution in [0.5, 0.6) is 0 Å². The minimum atomic E-state index is -1.38. The molecule has 3 aromatic carbocycles. The number of benzene rings is 3. The van der Waals surface area contributed by atoms with Gasteiger partial charge in [-0.15, -0.1) is 11.8 Å². The van der Waals surface area contributed by atoms with Gasteiger partial charge in [-0.25, -0.2) is 0 Å². The van der Waals surface area contributed by atoms with Gasteiger partial charge >= 0.3 is 0 Å². The van der Waals surface area contributed by atoms with Crippen LogP contribution in [0.1, 0.15) is 16.7 Å². The number of nitrogens with one attached hydrogen (secondary N) is 2. The Morgan fingerprint density at radius 3 is 2.00 bits per heavy atom. The molecule has 0 bridgehead atoms. The fraction of sp³-hybridized carbons (Fsp3) is 0.240. The zero-order valence-corrected chi connectivity index (χ0v) is 17.5. The molecular weight excluding hydrogens is 392 g/mol. The monoisotopic (exact) mass is 418 g/mol. The van der Waals surface area contributed by atoms with Crippen molar-refractivity contribution in [2.75, 3.05) is 11.6 Å². The number of aliphatic hydroxyl groups is 1. The highest BCUT2D eigenvalue weighted by Crippen LogP contribution is 2.35. The van der Waals surface area contributed by atoms with Gasteiger partial charge in [0.1, 0.15) is 5.60 Å². The van der Waals surface area contributed by atoms with Gasteiger partial charge in [0, 0.05) is 11.6 Å². The Bertz CT molecular complexity index is 905. The van der Waals surface area contributed by atoms with Crippen molar-refractivity contribution in [2.24, 2.45) is 0 Å². The van der Waals surface area contributed by atoms with E-state index >= 15 is 0 Å². The van der Waals surface area contributed by atoms with Crippen molar-refractivity contribution in [3.05, 3.63) is 108 Å². The molecule has 1 aliphatic heterocycles. The quantitative estimate of drug-likeness (QED) is 0.551. The first-order valence-corrected chi connectivity index (χ1v) is 11.3. The topological polar surface area (TPSA) is 61.4 Å². The van der Waals surface area contributed by atoms with Crippen LogP contribution in [0.25, 0.3) is 0 Å². The van der Waals surface area contributed by atoms with Crippen molar-refractivity contribution < 1.29 is 9.90 Å². The fourth-order valence-corrected chi connectivity index (χ4v) is 4.88. The summed E-state index contributed by atoms with van der Waals surface area (Å²) in [5, 5.41) is 18.6. The van der Waals surface area contributed by atoms with Crippen molar-refractivity contribution >= 4 is 17.7 Å². The van der Waals surface area contributed by atoms with Gasteiger partial charge in [0.2, 0.25) is 5.91 Å². The van der Waals surface area contributed by atoms with Crippen LogP contribution in [0, 0.1) is 0 Å². The summed E-state index contributed by atoms with van der Waals surface area (Å²) in [6.45, 7) is 0. The molecule has 3 N–H and O–H groups in total. The number of rotatable bonds is 7. The highest BCUT2D eigenvalue weighted by Gasteiger charge is 2.42. The molecule has 1 heterocycles. The lowest BCUT2D eigenvalue weighted by Crippen LogP contribution is -2.56. The predicted molar refractivity (Wildman–Crippen MR) is 122 cm³/mol. The second-order valence-electron chi connectivity index (χ2n) is 7.52. The molecule has 1 saturated heterocycles. The van der Waals surface area contributed by atoms with Gasteiger partial charge in [0.25, 0.3) is 0 Å². The highest BCUT2D eigenvalue weighted by atomic mass is 32.2. The summed E-state index contributed by atoms with van der Waals surface area (Å²) >= 11 is 1.71. The Balaban J connectivity index is 1.76. The van der Waals surface area contributed by atoms with Crippen molar-refractivity contribution in [3.8, 4) is 0 Å². The van der Waals surface area contributed by atoms with E-state index in [1.165, 1.54) is 0 Å². The average molecular weight is 419 g/mol. The molecule has 1 fully saturated rings. The summed E-state index contributed by atoms with van der Waals surface area (Å²) < 4.78 is 0. The van der Waals surface area contributed by atoms with Crippen LogP contribution in [-0.2, 0) is 16.8 Å². The number of thioether (sulfide) groups is 1. The van der Waals surface area contributed by atoms with E-state index in [1.807, 2.05) is 91.0 Å². The highest BCUT2D eigenvalue weighted by molar-refractivity contribution is 7.99. The Morgan fingerprint density at radius 2 is 1.50 bits per heavy atom. The molecule has 0 aliphatic carbocycles. The zero-order valence-electron chi connectivity index (χ0n) is 16.7. The maximum Gasteiger partial charge on any atom is 0.238 e. The first kappa shape index (κ1) is 20.7. The molecule has 1 amide bonds. The van der Waals surface area contributed by atoms with E-state index in [4.69, 9.17) is 0 Å². The van der Waals surface area contributed by atoms with Gasteiger partial charge in [-0.2, -0.15) is 0 Å². The first-order chi connectivity index (χ1) is 14.7. The Morgan fingerprint density at radius 1 is 0.967 bits per heavy atom. The molecular formula is C25H26N2O2S. The number of amides is 1. The normalized spacial score (nSPS) is 17.4. The van der Waals surface area contributed by atoms with Crippen molar-refractivity contribution in [1.82, 2.24) is 10.6 Å². The van der Waals surface area contributed by atoms with Gasteiger partial charge in [0.05, 0.1) is 12.1 Å². The summed E-state index contributed by atoms with van der Waals surface area (Å²) in [5.74, 6) is 1.42. The number of hydrogen-bond acceptors (Lipinski definition) is 4. The molecule has 154 valence electrons. The maximum absolute atomic E-state index is 13.1. The first-order valence-electron chi connectivity index (χ1n) is 10.2. The van der Waals surface area contributed by atoms with E-state index in [1.54, 1.807) is 11.8 Å². The van der Waals surface area contributed by atoms with E-state index < -0.39 is 11.6 Å². The molecule has 2 atom stereocenters. The minimum Gasteiger partial charge on any atom is -0.378 e. The van der Waals surface area contributed by atoms with Gasteiger partial charge in [0.15, 0.2) is 0 Å². The third kappa shape index (κ3) is 4.43. The lowest BCUT2D eigenvalue weighted by molar-refractivity contribution is -0.125. The summed E-state index contributed by atoms with van der Waals surface area (Å²) in [7, 11) is 0. The molecule has 0 saturated carbocycles. The van der Waals surface area contributed by atoms with Gasteiger partial charge in [-0.3, -0.25) is 10.1 Å². The maximum atomic E-state index is 13.1. The van der Waals surface area contributed by atoms with E-state index in [-0.39, 0.29) is 11.9 Å². The van der Waals surface area contributed by atoms with Gasteiger partial charge in [-0.1, -0.05) is 91.0 Å². The summed E-state index contributed by atoms with van der Waals surface area (Å²) in [6.07, 6.45) is 0.507. The average Bonchev–Trinajstić information content (AvgIpc) is 3.35. The van der Waals surface area contributed by atoms with E-state index in [2.05, 4.69) is 10.6 Å². The second kappa shape index (κ2) is 9.47. The third-order valence-corrected chi connectivity index (χ3v) is 6.50. The lowest BCUT2D eigenvalue weighted by atomic mass is 9.77. The smallest absolute Gasteiger partial charge is 0.238 e. The molecule has 0 unspecified atom stereocenters. The molecule has 0 spiro atoms. The molecule has 1 aliphatic rings. The SMILES string of the molecule is O=C(N[C@@H](Cc1ccccc1)C(O)(c1ccccc1)c1ccccc1)[C@@H]1CSCN1. The lowest BCUT2D eigenvalue weighted by Gasteiger charge is -2.38. The van der Waals surface area contributed by atoms with E-state index in [9.17, 15) is 9.90 Å². The summed E-state index contributed by atoms with van der Waals surface area (Å²) in [6, 6.07) is 28.4. The molecule has 5 heteroatoms. The predicted octanol–water partition coefficient (Wildman–Crippen LogP) is 3.31. The van der Waals surface area contributed by atoms with E-state index in [0.29, 0.717) is 6.42 Å². The molecule has 4 nitrogen and oxygen atoms in total. The van der Waals surface area contributed by atoms with Gasteiger partial charge in [-0.05, 0) is 23.1 Å². The largest absolute Gasteiger partial charge is 0.378 e. The standard InChI is InChI=1S/C25H26N2O2S/c28-24(22-17-30-18-26-22)27-23(16-19-10-4-1-5-11-19)25(29,20-12-6-2-7-13-20)21-14-8-3-9-15-21/h1-15,22-23,26,29H,16-18H2,(H,27,28)/t22-,23-/m0/s1. The number of carbonyl (C=O) groups excluding carboxylic acids is 1. The summed E-state index contributed by atoms with van der Waals surface area (Å²) in [5.41, 5.74) is 1.19. The second-order valence-corrected chi connectivity index (χ2v) is 8.55. The van der Waals surface area contributed by atoms with Crippen LogP contribution < -0.4 is 10.6 Å². The van der Waals surface area contributed by atoms with Crippen LogP contribution in [0.15, 0.2) is 91.0 Å². The van der Waals surface area contributed by atoms with Crippen LogP contribution in [-0.4, -0.2) is 34.7 Å². The molecule has 3 aromatic rings. The molecule has 30 heavy (non-hydrogen) atoms. The van der Waals surface area contributed by atoms with Crippen molar-refractivity contribution in [1.29, 1.82) is 0 Å². The summed E-state index contributed by atoms with van der Waals surface area (Å²) in [4.78, 5) is 13.1. The molecule has 4 rings (SSSR count). The number of hydrogen-bond donors (Lipinski definition) is 3. The fourth-order valence-electron chi connectivity index (χ4n) is 3.94. The van der Waals surface area contributed by atoms with Crippen molar-refractivity contribution in [2.45, 2.75) is 24.1 Å². The Kier molecular flexibility index (Phi) is 6.53. The molecule has 0 aromatic heterocycles. The van der Waals surface area contributed by atoms with Crippen LogP contribution in [0.3, 0.4) is 0 Å². The van der Waals surface area contributed by atoms with E-state index in [0.717, 1.165) is 28.3 Å². The van der Waals surface area contributed by atoms with Crippen molar-refractivity contribution in [3.63, 3.8) is 0 Å². The Hall–Kier alpha value is -2.60. The van der Waals surface area contributed by atoms with Gasteiger partial charge < -0.3 is 10.4 Å². The van der Waals surface area contributed by atoms with Crippen LogP contribution in [0.2, 0.25) is 0 Å². The zero-order chi connectivity index (χ0) is 20.8. The Labute approximate surface area is 181 Å². The third-order valence-electron chi connectivity index (χ3n) is 5.56. The number of carbonyl (C=O) groups is 1. The molecule has 0 radical (unpaired) electrons. The van der Waals surface area contributed by atoms with Crippen LogP contribution >= 0.6 is 11.8 Å². The minimum absolute atomic E-state index is 0.0776.